The van der Waals surface area contributed by atoms with Crippen molar-refractivity contribution < 1.29 is 32.5 Å². The van der Waals surface area contributed by atoms with Gasteiger partial charge in [0.1, 0.15) is 0 Å². The van der Waals surface area contributed by atoms with E-state index in [0.29, 0.717) is 0 Å². The third kappa shape index (κ3) is 3.51. The summed E-state index contributed by atoms with van der Waals surface area (Å²) in [4.78, 5) is 14.6. The molecule has 1 aromatic heterocycles. The zero-order chi connectivity index (χ0) is 13.9. The lowest BCUT2D eigenvalue weighted by Gasteiger charge is -2.11. The molecule has 0 aliphatic heterocycles. The number of esters is 1. The highest BCUT2D eigenvalue weighted by atomic mass is 19.4. The summed E-state index contributed by atoms with van der Waals surface area (Å²) in [5, 5.41) is 9.52. The quantitative estimate of drug-likeness (QED) is 0.848. The average Bonchev–Trinajstić information content (AvgIpc) is 2.21. The van der Waals surface area contributed by atoms with Crippen LogP contribution in [0.3, 0.4) is 0 Å². The fourth-order valence-corrected chi connectivity index (χ4v) is 1.15. The molecule has 0 saturated heterocycles. The van der Waals surface area contributed by atoms with Gasteiger partial charge in [-0.2, -0.15) is 0 Å². The highest BCUT2D eigenvalue weighted by Crippen LogP contribution is 2.28. The molecule has 1 rings (SSSR count). The number of nitrogens with zero attached hydrogens (tertiary/aromatic N) is 1. The van der Waals surface area contributed by atoms with Crippen molar-refractivity contribution in [1.29, 1.82) is 0 Å². The summed E-state index contributed by atoms with van der Waals surface area (Å²) in [6, 6.07) is 0.867. The minimum Gasteiger partial charge on any atom is -0.505 e. The molecule has 0 aromatic carbocycles. The largest absolute Gasteiger partial charge is 0.574 e. The molecular weight excluding hydrogens is 255 g/mol. The molecule has 18 heavy (non-hydrogen) atoms. The minimum atomic E-state index is -4.93. The van der Waals surface area contributed by atoms with Gasteiger partial charge in [-0.05, 0) is 19.4 Å². The maximum absolute atomic E-state index is 12.0. The maximum atomic E-state index is 12.0. The number of hydrogen-bond donors (Lipinski definition) is 1. The standard InChI is InChI=1S/C10H10F3NO4/c1-3-17-9(16)7-8(15)5(2)4-6(14-7)18-10(11,12)13/h4,15H,3H2,1-2H3. The Balaban J connectivity index is 3.14. The number of alkyl halides is 3. The van der Waals surface area contributed by atoms with Gasteiger partial charge in [-0.25, -0.2) is 9.78 Å². The van der Waals surface area contributed by atoms with Crippen molar-refractivity contribution in [2.45, 2.75) is 20.2 Å². The summed E-state index contributed by atoms with van der Waals surface area (Å²) in [5.74, 6) is -2.39. The Kier molecular flexibility index (Phi) is 4.00. The van der Waals surface area contributed by atoms with E-state index in [9.17, 15) is 23.1 Å². The number of hydrogen-bond acceptors (Lipinski definition) is 5. The fraction of sp³-hybridized carbons (Fsp3) is 0.400. The molecule has 0 unspecified atom stereocenters. The van der Waals surface area contributed by atoms with E-state index in [-0.39, 0.29) is 12.2 Å². The van der Waals surface area contributed by atoms with Gasteiger partial charge in [0.2, 0.25) is 5.88 Å². The summed E-state index contributed by atoms with van der Waals surface area (Å²) in [5.41, 5.74) is -0.594. The van der Waals surface area contributed by atoms with Gasteiger partial charge in [-0.15, -0.1) is 13.2 Å². The summed E-state index contributed by atoms with van der Waals surface area (Å²) in [7, 11) is 0. The zero-order valence-corrected chi connectivity index (χ0v) is 9.54. The molecule has 100 valence electrons. The van der Waals surface area contributed by atoms with Crippen LogP contribution in [0, 0.1) is 6.92 Å². The lowest BCUT2D eigenvalue weighted by Crippen LogP contribution is -2.19. The number of rotatable bonds is 3. The predicted octanol–water partition coefficient (Wildman–Crippen LogP) is 2.17. The Labute approximate surface area is 100 Å². The highest BCUT2D eigenvalue weighted by Gasteiger charge is 2.32. The van der Waals surface area contributed by atoms with E-state index >= 15 is 0 Å². The summed E-state index contributed by atoms with van der Waals surface area (Å²) < 4.78 is 44.2. The summed E-state index contributed by atoms with van der Waals surface area (Å²) in [6.45, 7) is 2.82. The summed E-state index contributed by atoms with van der Waals surface area (Å²) >= 11 is 0. The molecule has 1 aromatic rings. The van der Waals surface area contributed by atoms with Crippen LogP contribution >= 0.6 is 0 Å². The molecule has 0 bridgehead atoms. The van der Waals surface area contributed by atoms with Gasteiger partial charge >= 0.3 is 12.3 Å². The molecule has 0 saturated carbocycles. The maximum Gasteiger partial charge on any atom is 0.574 e. The Morgan fingerprint density at radius 1 is 1.50 bits per heavy atom. The van der Waals surface area contributed by atoms with Crippen LogP contribution in [-0.2, 0) is 4.74 Å². The third-order valence-electron chi connectivity index (χ3n) is 1.85. The molecule has 0 spiro atoms. The molecule has 5 nitrogen and oxygen atoms in total. The van der Waals surface area contributed by atoms with E-state index in [4.69, 9.17) is 0 Å². The second-order valence-electron chi connectivity index (χ2n) is 3.24. The molecule has 1 N–H and O–H groups in total. The number of halogens is 3. The van der Waals surface area contributed by atoms with Gasteiger partial charge in [0.25, 0.3) is 0 Å². The van der Waals surface area contributed by atoms with Gasteiger partial charge in [0.15, 0.2) is 11.4 Å². The van der Waals surface area contributed by atoms with Gasteiger partial charge in [-0.3, -0.25) is 0 Å². The molecule has 0 radical (unpaired) electrons. The van der Waals surface area contributed by atoms with Crippen molar-refractivity contribution in [1.82, 2.24) is 4.98 Å². The minimum absolute atomic E-state index is 0.00333. The predicted molar refractivity (Wildman–Crippen MR) is 53.3 cm³/mol. The molecule has 8 heteroatoms. The first-order valence-electron chi connectivity index (χ1n) is 4.88. The lowest BCUT2D eigenvalue weighted by molar-refractivity contribution is -0.276. The van der Waals surface area contributed by atoms with E-state index in [1.165, 1.54) is 13.8 Å². The lowest BCUT2D eigenvalue weighted by atomic mass is 10.2. The van der Waals surface area contributed by atoms with Crippen molar-refractivity contribution >= 4 is 5.97 Å². The van der Waals surface area contributed by atoms with Crippen LogP contribution in [0.1, 0.15) is 23.0 Å². The first-order valence-corrected chi connectivity index (χ1v) is 4.88. The van der Waals surface area contributed by atoms with E-state index in [1.807, 2.05) is 0 Å². The van der Waals surface area contributed by atoms with Crippen LogP contribution in [0.2, 0.25) is 0 Å². The molecule has 0 amide bonds. The van der Waals surface area contributed by atoms with Crippen LogP contribution < -0.4 is 4.74 Å². The molecule has 0 atom stereocenters. The van der Waals surface area contributed by atoms with Crippen LogP contribution in [-0.4, -0.2) is 29.0 Å². The van der Waals surface area contributed by atoms with E-state index in [0.717, 1.165) is 6.07 Å². The molecular formula is C10H10F3NO4. The van der Waals surface area contributed by atoms with Crippen LogP contribution in [0.15, 0.2) is 6.07 Å². The van der Waals surface area contributed by atoms with Crippen molar-refractivity contribution in [2.75, 3.05) is 6.61 Å². The Morgan fingerprint density at radius 3 is 2.61 bits per heavy atom. The smallest absolute Gasteiger partial charge is 0.505 e. The van der Waals surface area contributed by atoms with Crippen molar-refractivity contribution in [2.24, 2.45) is 0 Å². The normalized spacial score (nSPS) is 11.2. The first kappa shape index (κ1) is 14.1. The van der Waals surface area contributed by atoms with Gasteiger partial charge in [-0.1, -0.05) is 0 Å². The van der Waals surface area contributed by atoms with E-state index < -0.39 is 29.7 Å². The zero-order valence-electron chi connectivity index (χ0n) is 9.54. The van der Waals surface area contributed by atoms with Crippen LogP contribution in [0.5, 0.6) is 11.6 Å². The summed E-state index contributed by atoms with van der Waals surface area (Å²) in [6.07, 6.45) is -4.93. The number of aryl methyl sites for hydroxylation is 1. The highest BCUT2D eigenvalue weighted by molar-refractivity contribution is 5.90. The number of pyridine rings is 1. The van der Waals surface area contributed by atoms with Gasteiger partial charge < -0.3 is 14.6 Å². The Bertz CT molecular complexity index is 459. The molecule has 0 aliphatic rings. The number of carbonyl (C=O) groups excluding carboxylic acids is 1. The van der Waals surface area contributed by atoms with E-state index in [1.54, 1.807) is 0 Å². The van der Waals surface area contributed by atoms with Gasteiger partial charge in [0, 0.05) is 6.07 Å². The Morgan fingerprint density at radius 2 is 2.11 bits per heavy atom. The third-order valence-corrected chi connectivity index (χ3v) is 1.85. The number of carbonyl (C=O) groups is 1. The van der Waals surface area contributed by atoms with E-state index in [2.05, 4.69) is 14.5 Å². The second kappa shape index (κ2) is 5.11. The van der Waals surface area contributed by atoms with Gasteiger partial charge in [0.05, 0.1) is 6.61 Å². The first-order chi connectivity index (χ1) is 8.24. The topological polar surface area (TPSA) is 68.7 Å². The number of aromatic nitrogens is 1. The molecule has 0 aliphatic carbocycles. The second-order valence-corrected chi connectivity index (χ2v) is 3.24. The van der Waals surface area contributed by atoms with Crippen LogP contribution in [0.25, 0.3) is 0 Å². The Hall–Kier alpha value is -1.99. The average molecular weight is 265 g/mol. The number of aromatic hydroxyl groups is 1. The number of ether oxygens (including phenoxy) is 2. The van der Waals surface area contributed by atoms with Crippen molar-refractivity contribution in [3.8, 4) is 11.6 Å². The monoisotopic (exact) mass is 265 g/mol. The fourth-order valence-electron chi connectivity index (χ4n) is 1.15. The van der Waals surface area contributed by atoms with Crippen molar-refractivity contribution in [3.05, 3.63) is 17.3 Å². The van der Waals surface area contributed by atoms with Crippen LogP contribution in [0.4, 0.5) is 13.2 Å². The van der Waals surface area contributed by atoms with Crippen molar-refractivity contribution in [3.63, 3.8) is 0 Å². The SMILES string of the molecule is CCOC(=O)c1nc(OC(F)(F)F)cc(C)c1O. The molecule has 0 fully saturated rings. The molecule has 1 heterocycles.